The van der Waals surface area contributed by atoms with Crippen LogP contribution in [0.4, 0.5) is 5.69 Å². The zero-order valence-electron chi connectivity index (χ0n) is 15.5. The molecule has 1 aromatic rings. The number of aliphatic imine (C=N–C) groups is 1. The van der Waals surface area contributed by atoms with Crippen LogP contribution in [0.2, 0.25) is 0 Å². The number of nitrogens with one attached hydrogen (secondary N) is 2. The predicted octanol–water partition coefficient (Wildman–Crippen LogP) is 3.11. The van der Waals surface area contributed by atoms with Gasteiger partial charge in [0.2, 0.25) is 0 Å². The molecule has 2 N–H and O–H groups in total. The molecule has 142 valence electrons. The summed E-state index contributed by atoms with van der Waals surface area (Å²) < 4.78 is 5.62. The van der Waals surface area contributed by atoms with Gasteiger partial charge in [-0.1, -0.05) is 18.2 Å². The van der Waals surface area contributed by atoms with Crippen LogP contribution in [0.5, 0.6) is 0 Å². The van der Waals surface area contributed by atoms with Crippen molar-refractivity contribution in [3.63, 3.8) is 0 Å². The van der Waals surface area contributed by atoms with E-state index in [2.05, 4.69) is 57.8 Å². The summed E-state index contributed by atoms with van der Waals surface area (Å²) >= 11 is 0. The highest BCUT2D eigenvalue weighted by Crippen LogP contribution is 2.28. The Kier molecular flexibility index (Phi) is 11.6. The number of para-hydroxylation sites is 1. The number of ether oxygens (including phenoxy) is 1. The fourth-order valence-electron chi connectivity index (χ4n) is 2.58. The summed E-state index contributed by atoms with van der Waals surface area (Å²) in [5.41, 5.74) is 1.29. The summed E-state index contributed by atoms with van der Waals surface area (Å²) in [7, 11) is 1.81. The Morgan fingerprint density at radius 2 is 1.92 bits per heavy atom. The second-order valence-electron chi connectivity index (χ2n) is 6.21. The zero-order valence-corrected chi connectivity index (χ0v) is 17.9. The summed E-state index contributed by atoms with van der Waals surface area (Å²) in [5, 5.41) is 6.67. The number of hydrogen-bond donors (Lipinski definition) is 2. The Bertz CT molecular complexity index is 480. The van der Waals surface area contributed by atoms with Crippen molar-refractivity contribution in [3.8, 4) is 0 Å². The second-order valence-corrected chi connectivity index (χ2v) is 6.21. The van der Waals surface area contributed by atoms with Gasteiger partial charge in [0.15, 0.2) is 5.96 Å². The van der Waals surface area contributed by atoms with Crippen LogP contribution in [0.3, 0.4) is 0 Å². The van der Waals surface area contributed by atoms with Gasteiger partial charge < -0.3 is 20.3 Å². The lowest BCUT2D eigenvalue weighted by molar-refractivity contribution is 0.129. The van der Waals surface area contributed by atoms with Crippen molar-refractivity contribution in [1.82, 2.24) is 10.6 Å². The SMILES string of the molecule is CCN(CCCNC(=NC)NCCOCC1CC1)c1ccccc1.I. The molecule has 0 heterocycles. The molecular formula is C19H33IN4O. The molecule has 0 radical (unpaired) electrons. The van der Waals surface area contributed by atoms with Gasteiger partial charge in [0, 0.05) is 45.5 Å². The minimum atomic E-state index is 0. The number of rotatable bonds is 11. The van der Waals surface area contributed by atoms with E-state index in [0.29, 0.717) is 0 Å². The molecule has 0 amide bonds. The van der Waals surface area contributed by atoms with Gasteiger partial charge in [-0.15, -0.1) is 24.0 Å². The molecule has 1 saturated carbocycles. The van der Waals surface area contributed by atoms with Crippen molar-refractivity contribution >= 4 is 35.6 Å². The van der Waals surface area contributed by atoms with Crippen LogP contribution < -0.4 is 15.5 Å². The Hall–Kier alpha value is -1.02. The van der Waals surface area contributed by atoms with Gasteiger partial charge in [-0.2, -0.15) is 0 Å². The molecule has 0 aliphatic heterocycles. The number of halogens is 1. The Balaban J connectivity index is 0.00000312. The smallest absolute Gasteiger partial charge is 0.191 e. The molecule has 0 bridgehead atoms. The van der Waals surface area contributed by atoms with E-state index in [-0.39, 0.29) is 24.0 Å². The average Bonchev–Trinajstić information content (AvgIpc) is 3.45. The summed E-state index contributed by atoms with van der Waals surface area (Å²) in [6.07, 6.45) is 3.75. The molecule has 1 fully saturated rings. The first kappa shape index (κ1) is 22.0. The summed E-state index contributed by atoms with van der Waals surface area (Å²) in [6.45, 7) is 7.63. The Morgan fingerprint density at radius 3 is 2.56 bits per heavy atom. The van der Waals surface area contributed by atoms with Crippen LogP contribution in [-0.4, -0.2) is 52.4 Å². The first-order chi connectivity index (χ1) is 11.8. The largest absolute Gasteiger partial charge is 0.379 e. The normalized spacial score (nSPS) is 13.9. The van der Waals surface area contributed by atoms with E-state index < -0.39 is 0 Å². The van der Waals surface area contributed by atoms with E-state index >= 15 is 0 Å². The number of guanidine groups is 1. The van der Waals surface area contributed by atoms with Gasteiger partial charge >= 0.3 is 0 Å². The van der Waals surface area contributed by atoms with Crippen LogP contribution in [0.15, 0.2) is 35.3 Å². The fraction of sp³-hybridized carbons (Fsp3) is 0.632. The third kappa shape index (κ3) is 9.30. The van der Waals surface area contributed by atoms with E-state index in [1.807, 2.05) is 7.05 Å². The highest BCUT2D eigenvalue weighted by molar-refractivity contribution is 14.0. The first-order valence-corrected chi connectivity index (χ1v) is 9.15. The van der Waals surface area contributed by atoms with Gasteiger partial charge in [-0.3, -0.25) is 4.99 Å². The Labute approximate surface area is 169 Å². The van der Waals surface area contributed by atoms with Crippen molar-refractivity contribution in [2.75, 3.05) is 51.3 Å². The lowest BCUT2D eigenvalue weighted by Gasteiger charge is -2.23. The lowest BCUT2D eigenvalue weighted by Crippen LogP contribution is -2.40. The van der Waals surface area contributed by atoms with E-state index in [1.54, 1.807) is 0 Å². The van der Waals surface area contributed by atoms with Crippen molar-refractivity contribution in [2.45, 2.75) is 26.2 Å². The van der Waals surface area contributed by atoms with E-state index in [9.17, 15) is 0 Å². The molecule has 1 aliphatic carbocycles. The molecule has 0 saturated heterocycles. The fourth-order valence-corrected chi connectivity index (χ4v) is 2.58. The number of benzene rings is 1. The first-order valence-electron chi connectivity index (χ1n) is 9.15. The highest BCUT2D eigenvalue weighted by Gasteiger charge is 2.20. The van der Waals surface area contributed by atoms with Crippen LogP contribution in [0.1, 0.15) is 26.2 Å². The summed E-state index contributed by atoms with van der Waals surface area (Å²) in [4.78, 5) is 6.65. The number of hydrogen-bond acceptors (Lipinski definition) is 3. The van der Waals surface area contributed by atoms with Crippen LogP contribution in [-0.2, 0) is 4.74 Å². The molecule has 0 unspecified atom stereocenters. The molecule has 1 aromatic carbocycles. The van der Waals surface area contributed by atoms with Gasteiger partial charge in [0.25, 0.3) is 0 Å². The minimum Gasteiger partial charge on any atom is -0.379 e. The minimum absolute atomic E-state index is 0. The maximum Gasteiger partial charge on any atom is 0.191 e. The van der Waals surface area contributed by atoms with Crippen molar-refractivity contribution < 1.29 is 4.74 Å². The molecular weight excluding hydrogens is 427 g/mol. The van der Waals surface area contributed by atoms with E-state index in [4.69, 9.17) is 4.74 Å². The molecule has 5 nitrogen and oxygen atoms in total. The predicted molar refractivity (Wildman–Crippen MR) is 117 cm³/mol. The van der Waals surface area contributed by atoms with Crippen molar-refractivity contribution in [2.24, 2.45) is 10.9 Å². The van der Waals surface area contributed by atoms with Gasteiger partial charge in [-0.25, -0.2) is 0 Å². The monoisotopic (exact) mass is 460 g/mol. The highest BCUT2D eigenvalue weighted by atomic mass is 127. The van der Waals surface area contributed by atoms with Gasteiger partial charge in [0.1, 0.15) is 0 Å². The topological polar surface area (TPSA) is 48.9 Å². The summed E-state index contributed by atoms with van der Waals surface area (Å²) in [6, 6.07) is 10.6. The molecule has 0 atom stereocenters. The van der Waals surface area contributed by atoms with Crippen LogP contribution >= 0.6 is 24.0 Å². The van der Waals surface area contributed by atoms with Gasteiger partial charge in [0.05, 0.1) is 6.61 Å². The number of anilines is 1. The van der Waals surface area contributed by atoms with E-state index in [0.717, 1.165) is 57.7 Å². The maximum atomic E-state index is 5.62. The summed E-state index contributed by atoms with van der Waals surface area (Å²) in [5.74, 6) is 1.68. The maximum absolute atomic E-state index is 5.62. The third-order valence-electron chi connectivity index (χ3n) is 4.21. The van der Waals surface area contributed by atoms with Gasteiger partial charge in [-0.05, 0) is 44.2 Å². The zero-order chi connectivity index (χ0) is 17.0. The van der Waals surface area contributed by atoms with Crippen molar-refractivity contribution in [3.05, 3.63) is 30.3 Å². The molecule has 0 spiro atoms. The molecule has 1 aliphatic rings. The Morgan fingerprint density at radius 1 is 1.20 bits per heavy atom. The van der Waals surface area contributed by atoms with E-state index in [1.165, 1.54) is 18.5 Å². The molecule has 2 rings (SSSR count). The van der Waals surface area contributed by atoms with Crippen molar-refractivity contribution in [1.29, 1.82) is 0 Å². The molecule has 25 heavy (non-hydrogen) atoms. The number of nitrogens with zero attached hydrogens (tertiary/aromatic N) is 2. The molecule has 6 heteroatoms. The quantitative estimate of drug-likeness (QED) is 0.231. The van der Waals surface area contributed by atoms with Crippen LogP contribution in [0.25, 0.3) is 0 Å². The second kappa shape index (κ2) is 13.2. The lowest BCUT2D eigenvalue weighted by atomic mass is 10.2. The standard InChI is InChI=1S/C19H32N4O.HI/c1-3-23(18-8-5-4-6-9-18)14-7-12-21-19(20-2)22-13-15-24-16-17-10-11-17;/h4-6,8-9,17H,3,7,10-16H2,1-2H3,(H2,20,21,22);1H. The van der Waals surface area contributed by atoms with Crippen LogP contribution in [0, 0.1) is 5.92 Å². The average molecular weight is 460 g/mol. The molecule has 0 aromatic heterocycles. The third-order valence-corrected chi connectivity index (χ3v) is 4.21.